The molecule has 21 heavy (non-hydrogen) atoms. The minimum atomic E-state index is -1.12. The van der Waals surface area contributed by atoms with Crippen molar-refractivity contribution < 1.29 is 19.8 Å². The summed E-state index contributed by atoms with van der Waals surface area (Å²) in [5.41, 5.74) is -1.12. The monoisotopic (exact) mass is 296 g/mol. The lowest BCUT2D eigenvalue weighted by Gasteiger charge is -2.44. The number of hydrogen-bond acceptors (Lipinski definition) is 2. The molecule has 0 aromatic rings. The average molecular weight is 296 g/mol. The highest BCUT2D eigenvalue weighted by molar-refractivity contribution is 5.83. The largest absolute Gasteiger partial charge is 0.481 e. The Morgan fingerprint density at radius 2 is 1.38 bits per heavy atom. The Hall–Kier alpha value is -1.06. The lowest BCUT2D eigenvalue weighted by atomic mass is 9.58. The smallest absolute Gasteiger partial charge is 0.310 e. The maximum absolute atomic E-state index is 12.0. The molecule has 0 aliphatic heterocycles. The number of aliphatic carboxylic acids is 2. The second-order valence-corrected chi connectivity index (χ2v) is 7.14. The molecule has 0 heterocycles. The third kappa shape index (κ3) is 3.24. The zero-order valence-electron chi connectivity index (χ0n) is 13.0. The van der Waals surface area contributed by atoms with E-state index in [-0.39, 0.29) is 11.8 Å². The second-order valence-electron chi connectivity index (χ2n) is 7.14. The molecule has 120 valence electrons. The highest BCUT2D eigenvalue weighted by Gasteiger charge is 2.53. The number of carboxylic acids is 2. The number of hydrogen-bond donors (Lipinski definition) is 2. The molecule has 2 aliphatic carbocycles. The van der Waals surface area contributed by atoms with E-state index in [1.54, 1.807) is 6.92 Å². The fourth-order valence-electron chi connectivity index (χ4n) is 4.68. The van der Waals surface area contributed by atoms with E-state index in [2.05, 4.69) is 0 Å². The lowest BCUT2D eigenvalue weighted by Crippen LogP contribution is -2.50. The van der Waals surface area contributed by atoms with Crippen LogP contribution >= 0.6 is 0 Å². The van der Waals surface area contributed by atoms with Gasteiger partial charge in [0.25, 0.3) is 0 Å². The standard InChI is InChI=1S/C17H28O4/c1-17(16(20)21,13-10-6-3-7-11-13)14(15(18)19)12-8-4-2-5-9-12/h12-14H,2-11H2,1H3,(H,18,19)(H,20,21). The molecule has 0 spiro atoms. The molecule has 0 bridgehead atoms. The van der Waals surface area contributed by atoms with Gasteiger partial charge in [0.1, 0.15) is 0 Å². The first-order valence-electron chi connectivity index (χ1n) is 8.44. The summed E-state index contributed by atoms with van der Waals surface area (Å²) in [6.07, 6.45) is 9.89. The first-order valence-corrected chi connectivity index (χ1v) is 8.44. The van der Waals surface area contributed by atoms with Gasteiger partial charge in [0, 0.05) is 0 Å². The van der Waals surface area contributed by atoms with E-state index in [0.29, 0.717) is 0 Å². The molecule has 0 aromatic carbocycles. The highest BCUT2D eigenvalue weighted by atomic mass is 16.4. The van der Waals surface area contributed by atoms with Crippen LogP contribution in [0.4, 0.5) is 0 Å². The van der Waals surface area contributed by atoms with E-state index >= 15 is 0 Å². The van der Waals surface area contributed by atoms with E-state index in [9.17, 15) is 19.8 Å². The minimum Gasteiger partial charge on any atom is -0.481 e. The van der Waals surface area contributed by atoms with Gasteiger partial charge in [-0.3, -0.25) is 9.59 Å². The van der Waals surface area contributed by atoms with Gasteiger partial charge in [-0.25, -0.2) is 0 Å². The van der Waals surface area contributed by atoms with Crippen molar-refractivity contribution in [2.45, 2.75) is 71.1 Å². The van der Waals surface area contributed by atoms with Crippen molar-refractivity contribution in [3.05, 3.63) is 0 Å². The molecule has 0 radical (unpaired) electrons. The van der Waals surface area contributed by atoms with Crippen molar-refractivity contribution in [1.29, 1.82) is 0 Å². The summed E-state index contributed by atoms with van der Waals surface area (Å²) in [6, 6.07) is 0. The average Bonchev–Trinajstić information content (AvgIpc) is 2.48. The van der Waals surface area contributed by atoms with Crippen molar-refractivity contribution in [3.8, 4) is 0 Å². The van der Waals surface area contributed by atoms with Gasteiger partial charge in [0.2, 0.25) is 0 Å². The van der Waals surface area contributed by atoms with E-state index < -0.39 is 23.3 Å². The fraction of sp³-hybridized carbons (Fsp3) is 0.882. The Morgan fingerprint density at radius 1 is 0.905 bits per heavy atom. The van der Waals surface area contributed by atoms with E-state index in [4.69, 9.17) is 0 Å². The second kappa shape index (κ2) is 6.80. The van der Waals surface area contributed by atoms with Crippen LogP contribution in [0.3, 0.4) is 0 Å². The predicted molar refractivity (Wildman–Crippen MR) is 80.0 cm³/mol. The van der Waals surface area contributed by atoms with Crippen molar-refractivity contribution in [3.63, 3.8) is 0 Å². The van der Waals surface area contributed by atoms with E-state index in [1.807, 2.05) is 0 Å². The maximum Gasteiger partial charge on any atom is 0.310 e. The van der Waals surface area contributed by atoms with Crippen LogP contribution in [0.2, 0.25) is 0 Å². The van der Waals surface area contributed by atoms with Gasteiger partial charge in [0.05, 0.1) is 11.3 Å². The third-order valence-electron chi connectivity index (χ3n) is 5.95. The van der Waals surface area contributed by atoms with Crippen LogP contribution in [0, 0.1) is 23.2 Å². The Balaban J connectivity index is 2.30. The summed E-state index contributed by atoms with van der Waals surface area (Å²) in [6.45, 7) is 1.71. The quantitative estimate of drug-likeness (QED) is 0.806. The molecule has 2 N–H and O–H groups in total. The lowest BCUT2D eigenvalue weighted by molar-refractivity contribution is -0.171. The van der Waals surface area contributed by atoms with Crippen LogP contribution in [0.5, 0.6) is 0 Å². The molecule has 2 saturated carbocycles. The predicted octanol–water partition coefficient (Wildman–Crippen LogP) is 3.94. The summed E-state index contributed by atoms with van der Waals surface area (Å²) < 4.78 is 0. The van der Waals surface area contributed by atoms with Crippen LogP contribution in [0.25, 0.3) is 0 Å². The maximum atomic E-state index is 12.0. The van der Waals surface area contributed by atoms with E-state index in [0.717, 1.165) is 64.2 Å². The van der Waals surface area contributed by atoms with Crippen LogP contribution in [0.1, 0.15) is 71.1 Å². The first kappa shape index (κ1) is 16.3. The van der Waals surface area contributed by atoms with Crippen LogP contribution in [-0.4, -0.2) is 22.2 Å². The van der Waals surface area contributed by atoms with Crippen LogP contribution < -0.4 is 0 Å². The molecule has 2 atom stereocenters. The normalized spacial score (nSPS) is 26.0. The van der Waals surface area contributed by atoms with Gasteiger partial charge in [-0.05, 0) is 44.4 Å². The fourth-order valence-corrected chi connectivity index (χ4v) is 4.68. The minimum absolute atomic E-state index is 0.00627. The Kier molecular flexibility index (Phi) is 5.28. The van der Waals surface area contributed by atoms with Gasteiger partial charge < -0.3 is 10.2 Å². The van der Waals surface area contributed by atoms with E-state index in [1.165, 1.54) is 0 Å². The molecule has 2 unspecified atom stereocenters. The summed E-state index contributed by atoms with van der Waals surface area (Å²) in [5, 5.41) is 19.6. The summed E-state index contributed by atoms with van der Waals surface area (Å²) in [5.74, 6) is -2.52. The van der Waals surface area contributed by atoms with Crippen molar-refractivity contribution in [2.75, 3.05) is 0 Å². The number of carboxylic acid groups (broad SMARTS) is 2. The van der Waals surface area contributed by atoms with Crippen LogP contribution in [-0.2, 0) is 9.59 Å². The molecule has 0 amide bonds. The van der Waals surface area contributed by atoms with Gasteiger partial charge in [0.15, 0.2) is 0 Å². The molecule has 2 rings (SSSR count). The topological polar surface area (TPSA) is 74.6 Å². The van der Waals surface area contributed by atoms with Gasteiger partial charge in [-0.2, -0.15) is 0 Å². The van der Waals surface area contributed by atoms with Crippen LogP contribution in [0.15, 0.2) is 0 Å². The molecule has 2 fully saturated rings. The zero-order valence-corrected chi connectivity index (χ0v) is 13.0. The molecular formula is C17H28O4. The van der Waals surface area contributed by atoms with Gasteiger partial charge in [-0.15, -0.1) is 0 Å². The van der Waals surface area contributed by atoms with Crippen molar-refractivity contribution in [2.24, 2.45) is 23.2 Å². The SMILES string of the molecule is CC(C(=O)O)(C1CCCCC1)C(C(=O)O)C1CCCCC1. The molecule has 2 aliphatic rings. The number of rotatable bonds is 5. The molecular weight excluding hydrogens is 268 g/mol. The molecule has 0 saturated heterocycles. The summed E-state index contributed by atoms with van der Waals surface area (Å²) >= 11 is 0. The third-order valence-corrected chi connectivity index (χ3v) is 5.95. The molecule has 0 aromatic heterocycles. The van der Waals surface area contributed by atoms with Gasteiger partial charge in [-0.1, -0.05) is 38.5 Å². The number of carbonyl (C=O) groups is 2. The summed E-state index contributed by atoms with van der Waals surface area (Å²) in [4.78, 5) is 24.0. The zero-order chi connectivity index (χ0) is 15.5. The first-order chi connectivity index (χ1) is 9.98. The molecule has 4 heteroatoms. The highest BCUT2D eigenvalue weighted by Crippen LogP contribution is 2.49. The Bertz CT molecular complexity index is 380. The van der Waals surface area contributed by atoms with Gasteiger partial charge >= 0.3 is 11.9 Å². The Labute approximate surface area is 126 Å². The Morgan fingerprint density at radius 3 is 1.81 bits per heavy atom. The molecule has 4 nitrogen and oxygen atoms in total. The van der Waals surface area contributed by atoms with Crippen molar-refractivity contribution >= 4 is 11.9 Å². The van der Waals surface area contributed by atoms with Crippen molar-refractivity contribution in [1.82, 2.24) is 0 Å². The summed E-state index contributed by atoms with van der Waals surface area (Å²) in [7, 11) is 0.